The normalized spacial score (nSPS) is 20.6. The second-order valence-electron chi connectivity index (χ2n) is 7.49. The molecule has 23 heavy (non-hydrogen) atoms. The number of benzene rings is 1. The standard InChI is InChI=1S/C18H20F2N2O/c1-18(2,3)8-10-7-15(10)22-17(23)11-6-12-13(19)4-5-14(20)16(12)21-9-11/h4-6,9-10,15H,7-8H2,1-3H3,(H,22,23)/t10-,15+/m0/s1. The van der Waals surface area contributed by atoms with Gasteiger partial charge in [0, 0.05) is 17.6 Å². The molecule has 3 nitrogen and oxygen atoms in total. The molecule has 0 spiro atoms. The molecule has 1 aromatic heterocycles. The number of hydrogen-bond donors (Lipinski definition) is 1. The van der Waals surface area contributed by atoms with Gasteiger partial charge in [-0.2, -0.15) is 0 Å². The summed E-state index contributed by atoms with van der Waals surface area (Å²) < 4.78 is 27.4. The van der Waals surface area contributed by atoms with Crippen molar-refractivity contribution in [3.8, 4) is 0 Å². The lowest BCUT2D eigenvalue weighted by molar-refractivity contribution is 0.0947. The Bertz CT molecular complexity index is 767. The molecule has 3 rings (SSSR count). The largest absolute Gasteiger partial charge is 0.349 e. The Morgan fingerprint density at radius 3 is 2.70 bits per heavy atom. The zero-order valence-corrected chi connectivity index (χ0v) is 13.5. The molecule has 1 aromatic carbocycles. The monoisotopic (exact) mass is 318 g/mol. The number of aromatic nitrogens is 1. The molecule has 1 N–H and O–H groups in total. The summed E-state index contributed by atoms with van der Waals surface area (Å²) in [4.78, 5) is 16.2. The first kappa shape index (κ1) is 15.8. The predicted molar refractivity (Wildman–Crippen MR) is 85.1 cm³/mol. The first-order chi connectivity index (χ1) is 10.7. The highest BCUT2D eigenvalue weighted by Crippen LogP contribution is 2.40. The number of rotatable bonds is 3. The van der Waals surface area contributed by atoms with Gasteiger partial charge in [0.05, 0.1) is 5.56 Å². The fourth-order valence-electron chi connectivity index (χ4n) is 2.96. The third-order valence-corrected chi connectivity index (χ3v) is 4.12. The Morgan fingerprint density at radius 1 is 1.30 bits per heavy atom. The van der Waals surface area contributed by atoms with Gasteiger partial charge in [-0.15, -0.1) is 0 Å². The maximum absolute atomic E-state index is 13.8. The average molecular weight is 318 g/mol. The van der Waals surface area contributed by atoms with Crippen molar-refractivity contribution in [2.75, 3.05) is 0 Å². The molecule has 2 atom stereocenters. The number of fused-ring (bicyclic) bond motifs is 1. The SMILES string of the molecule is CC(C)(C)C[C@@H]1C[C@H]1NC(=O)c1cnc2c(F)ccc(F)c2c1. The summed E-state index contributed by atoms with van der Waals surface area (Å²) in [6, 6.07) is 3.60. The fourth-order valence-corrected chi connectivity index (χ4v) is 2.96. The molecule has 0 radical (unpaired) electrons. The van der Waals surface area contributed by atoms with Crippen molar-refractivity contribution in [1.82, 2.24) is 10.3 Å². The number of hydrogen-bond acceptors (Lipinski definition) is 2. The molecule has 0 aliphatic heterocycles. The lowest BCUT2D eigenvalue weighted by atomic mass is 9.89. The van der Waals surface area contributed by atoms with E-state index in [9.17, 15) is 13.6 Å². The average Bonchev–Trinajstić information content (AvgIpc) is 3.17. The zero-order chi connectivity index (χ0) is 16.8. The van der Waals surface area contributed by atoms with Crippen LogP contribution in [0.1, 0.15) is 44.0 Å². The van der Waals surface area contributed by atoms with Crippen LogP contribution in [0.25, 0.3) is 10.9 Å². The van der Waals surface area contributed by atoms with E-state index in [0.29, 0.717) is 5.92 Å². The molecule has 1 aliphatic carbocycles. The maximum atomic E-state index is 13.8. The topological polar surface area (TPSA) is 42.0 Å². The van der Waals surface area contributed by atoms with Gasteiger partial charge in [0.25, 0.3) is 5.91 Å². The van der Waals surface area contributed by atoms with Crippen molar-refractivity contribution < 1.29 is 13.6 Å². The van der Waals surface area contributed by atoms with E-state index in [2.05, 4.69) is 31.1 Å². The fraction of sp³-hybridized carbons (Fsp3) is 0.444. The molecule has 1 amide bonds. The van der Waals surface area contributed by atoms with Crippen LogP contribution in [0, 0.1) is 23.0 Å². The summed E-state index contributed by atoms with van der Waals surface area (Å²) in [5.74, 6) is -0.979. The number of amides is 1. The van der Waals surface area contributed by atoms with Crippen LogP contribution in [0.4, 0.5) is 8.78 Å². The molecule has 0 bridgehead atoms. The van der Waals surface area contributed by atoms with E-state index in [1.54, 1.807) is 0 Å². The minimum absolute atomic E-state index is 0.0275. The summed E-state index contributed by atoms with van der Waals surface area (Å²) in [6.45, 7) is 6.53. The maximum Gasteiger partial charge on any atom is 0.253 e. The Hall–Kier alpha value is -2.04. The number of halogens is 2. The van der Waals surface area contributed by atoms with Crippen LogP contribution < -0.4 is 5.32 Å². The molecule has 1 saturated carbocycles. The highest BCUT2D eigenvalue weighted by Gasteiger charge is 2.40. The molecule has 1 aliphatic rings. The zero-order valence-electron chi connectivity index (χ0n) is 13.5. The Labute approximate surface area is 134 Å². The van der Waals surface area contributed by atoms with Gasteiger partial charge in [0.15, 0.2) is 0 Å². The molecule has 1 fully saturated rings. The smallest absolute Gasteiger partial charge is 0.253 e. The first-order valence-electron chi connectivity index (χ1n) is 7.79. The minimum atomic E-state index is -0.596. The number of carbonyl (C=O) groups is 1. The molecule has 5 heteroatoms. The Balaban J connectivity index is 1.74. The molecular formula is C18H20F2N2O. The predicted octanol–water partition coefficient (Wildman–Crippen LogP) is 4.07. The number of pyridine rings is 1. The van der Waals surface area contributed by atoms with Crippen molar-refractivity contribution in [2.45, 2.75) is 39.7 Å². The Kier molecular flexibility index (Phi) is 3.82. The number of nitrogens with one attached hydrogen (secondary N) is 1. The van der Waals surface area contributed by atoms with Gasteiger partial charge in [-0.1, -0.05) is 20.8 Å². The lowest BCUT2D eigenvalue weighted by Gasteiger charge is -2.17. The van der Waals surface area contributed by atoms with Gasteiger partial charge in [0.2, 0.25) is 0 Å². The van der Waals surface area contributed by atoms with Crippen LogP contribution in [0.3, 0.4) is 0 Å². The molecule has 2 aromatic rings. The van der Waals surface area contributed by atoms with E-state index in [0.717, 1.165) is 25.0 Å². The first-order valence-corrected chi connectivity index (χ1v) is 7.79. The minimum Gasteiger partial charge on any atom is -0.349 e. The Morgan fingerprint density at radius 2 is 2.00 bits per heavy atom. The molecule has 0 saturated heterocycles. The molecule has 0 unspecified atom stereocenters. The van der Waals surface area contributed by atoms with Gasteiger partial charge >= 0.3 is 0 Å². The van der Waals surface area contributed by atoms with Crippen LogP contribution in [-0.4, -0.2) is 16.9 Å². The summed E-state index contributed by atoms with van der Waals surface area (Å²) >= 11 is 0. The van der Waals surface area contributed by atoms with E-state index < -0.39 is 11.6 Å². The number of carbonyl (C=O) groups excluding carboxylic acids is 1. The van der Waals surface area contributed by atoms with Crippen molar-refractivity contribution >= 4 is 16.8 Å². The van der Waals surface area contributed by atoms with Gasteiger partial charge in [-0.05, 0) is 42.4 Å². The van der Waals surface area contributed by atoms with Gasteiger partial charge in [0.1, 0.15) is 17.2 Å². The second-order valence-corrected chi connectivity index (χ2v) is 7.49. The van der Waals surface area contributed by atoms with Crippen LogP contribution in [0.15, 0.2) is 24.4 Å². The van der Waals surface area contributed by atoms with Crippen molar-refractivity contribution in [1.29, 1.82) is 0 Å². The summed E-state index contributed by atoms with van der Waals surface area (Å²) in [7, 11) is 0. The lowest BCUT2D eigenvalue weighted by Crippen LogP contribution is -2.27. The van der Waals surface area contributed by atoms with Crippen LogP contribution in [0.2, 0.25) is 0 Å². The van der Waals surface area contributed by atoms with E-state index in [4.69, 9.17) is 0 Å². The highest BCUT2D eigenvalue weighted by atomic mass is 19.1. The highest BCUT2D eigenvalue weighted by molar-refractivity contribution is 5.97. The number of nitrogens with zero attached hydrogens (tertiary/aromatic N) is 1. The van der Waals surface area contributed by atoms with Crippen LogP contribution in [-0.2, 0) is 0 Å². The van der Waals surface area contributed by atoms with E-state index in [1.807, 2.05) is 0 Å². The van der Waals surface area contributed by atoms with E-state index in [-0.39, 0.29) is 33.8 Å². The summed E-state index contributed by atoms with van der Waals surface area (Å²) in [5.41, 5.74) is 0.428. The van der Waals surface area contributed by atoms with Gasteiger partial charge in [-0.25, -0.2) is 8.78 Å². The summed E-state index contributed by atoms with van der Waals surface area (Å²) in [6.07, 6.45) is 3.31. The third kappa shape index (κ3) is 3.49. The van der Waals surface area contributed by atoms with Crippen molar-refractivity contribution in [3.05, 3.63) is 41.6 Å². The van der Waals surface area contributed by atoms with Crippen LogP contribution >= 0.6 is 0 Å². The second kappa shape index (κ2) is 5.55. The summed E-state index contributed by atoms with van der Waals surface area (Å²) in [5, 5.41) is 2.97. The van der Waals surface area contributed by atoms with E-state index in [1.165, 1.54) is 12.3 Å². The van der Waals surface area contributed by atoms with Crippen molar-refractivity contribution in [2.24, 2.45) is 11.3 Å². The van der Waals surface area contributed by atoms with Gasteiger partial charge < -0.3 is 5.32 Å². The third-order valence-electron chi connectivity index (χ3n) is 4.12. The van der Waals surface area contributed by atoms with Crippen molar-refractivity contribution in [3.63, 3.8) is 0 Å². The van der Waals surface area contributed by atoms with E-state index >= 15 is 0 Å². The molecule has 1 heterocycles. The molecular weight excluding hydrogens is 298 g/mol. The van der Waals surface area contributed by atoms with Gasteiger partial charge in [-0.3, -0.25) is 9.78 Å². The van der Waals surface area contributed by atoms with Crippen LogP contribution in [0.5, 0.6) is 0 Å². The quantitative estimate of drug-likeness (QED) is 0.927. The molecule has 122 valence electrons.